The maximum atomic E-state index is 11.3. The molecule has 0 aliphatic carbocycles. The first-order chi connectivity index (χ1) is 6.63. The predicted octanol–water partition coefficient (Wildman–Crippen LogP) is 1.45. The minimum atomic E-state index is 0.0334. The molecule has 0 aromatic carbocycles. The van der Waals surface area contributed by atoms with Gasteiger partial charge in [-0.2, -0.15) is 0 Å². The summed E-state index contributed by atoms with van der Waals surface area (Å²) in [5.41, 5.74) is 0. The second kappa shape index (κ2) is 5.12. The molecule has 0 aliphatic heterocycles. The lowest BCUT2D eigenvalue weighted by molar-refractivity contribution is -0.120. The molecule has 14 heavy (non-hydrogen) atoms. The van der Waals surface area contributed by atoms with Crippen LogP contribution in [0.4, 0.5) is 0 Å². The molecule has 1 unspecified atom stereocenters. The quantitative estimate of drug-likeness (QED) is 0.793. The van der Waals surface area contributed by atoms with Crippen molar-refractivity contribution >= 4 is 17.2 Å². The Bertz CT molecular complexity index is 309. The average molecular weight is 212 g/mol. The first-order valence-corrected chi connectivity index (χ1v) is 5.45. The number of amides is 1. The number of hydrogen-bond donors (Lipinski definition) is 2. The largest absolute Gasteiger partial charge is 0.348 e. The highest BCUT2D eigenvalue weighted by atomic mass is 32.1. The van der Waals surface area contributed by atoms with Crippen LogP contribution in [-0.4, -0.2) is 19.5 Å². The van der Waals surface area contributed by atoms with Gasteiger partial charge < -0.3 is 10.6 Å². The predicted molar refractivity (Wildman–Crippen MR) is 59.5 cm³/mol. The molecule has 4 heteroatoms. The van der Waals surface area contributed by atoms with Crippen LogP contribution in [0.5, 0.6) is 0 Å². The van der Waals surface area contributed by atoms with E-state index in [1.54, 1.807) is 18.4 Å². The molecule has 0 spiro atoms. The van der Waals surface area contributed by atoms with E-state index in [-0.39, 0.29) is 11.9 Å². The van der Waals surface area contributed by atoms with Gasteiger partial charge in [0.1, 0.15) is 0 Å². The van der Waals surface area contributed by atoms with Crippen molar-refractivity contribution in [3.05, 3.63) is 21.9 Å². The van der Waals surface area contributed by atoms with E-state index in [4.69, 9.17) is 0 Å². The van der Waals surface area contributed by atoms with Gasteiger partial charge in [0.15, 0.2) is 0 Å². The Hall–Kier alpha value is -0.870. The third kappa shape index (κ3) is 3.12. The number of likely N-dealkylation sites (N-methyl/N-ethyl adjacent to an activating group) is 1. The standard InChI is InChI=1S/C10H16N2OS/c1-7-4-5-9(14-7)8(2)12-10(13)6-11-3/h4-5,8,11H,6H2,1-3H3,(H,12,13). The maximum Gasteiger partial charge on any atom is 0.234 e. The zero-order valence-electron chi connectivity index (χ0n) is 8.76. The van der Waals surface area contributed by atoms with Crippen molar-refractivity contribution in [3.63, 3.8) is 0 Å². The van der Waals surface area contributed by atoms with Crippen LogP contribution in [-0.2, 0) is 4.79 Å². The number of rotatable bonds is 4. The van der Waals surface area contributed by atoms with Crippen LogP contribution in [0.3, 0.4) is 0 Å². The summed E-state index contributed by atoms with van der Waals surface area (Å²) in [6.45, 7) is 4.43. The highest BCUT2D eigenvalue weighted by molar-refractivity contribution is 7.12. The molecule has 78 valence electrons. The number of nitrogens with one attached hydrogen (secondary N) is 2. The minimum absolute atomic E-state index is 0.0334. The molecule has 1 rings (SSSR count). The molecule has 2 N–H and O–H groups in total. The van der Waals surface area contributed by atoms with Gasteiger partial charge in [-0.15, -0.1) is 11.3 Å². The van der Waals surface area contributed by atoms with Gasteiger partial charge in [0.05, 0.1) is 12.6 Å². The smallest absolute Gasteiger partial charge is 0.234 e. The lowest BCUT2D eigenvalue weighted by atomic mass is 10.2. The van der Waals surface area contributed by atoms with Crippen molar-refractivity contribution in [2.45, 2.75) is 19.9 Å². The van der Waals surface area contributed by atoms with Crippen LogP contribution < -0.4 is 10.6 Å². The molecule has 0 bridgehead atoms. The van der Waals surface area contributed by atoms with Crippen molar-refractivity contribution in [1.82, 2.24) is 10.6 Å². The molecule has 1 heterocycles. The fraction of sp³-hybridized carbons (Fsp3) is 0.500. The number of carbonyl (C=O) groups excluding carboxylic acids is 1. The first kappa shape index (κ1) is 11.2. The van der Waals surface area contributed by atoms with Gasteiger partial charge in [-0.25, -0.2) is 0 Å². The molecule has 0 radical (unpaired) electrons. The van der Waals surface area contributed by atoms with Gasteiger partial charge in [0.2, 0.25) is 5.91 Å². The van der Waals surface area contributed by atoms with Gasteiger partial charge in [-0.1, -0.05) is 0 Å². The first-order valence-electron chi connectivity index (χ1n) is 4.63. The summed E-state index contributed by atoms with van der Waals surface area (Å²) in [4.78, 5) is 13.7. The Labute approximate surface area is 88.5 Å². The van der Waals surface area contributed by atoms with Crippen molar-refractivity contribution in [2.24, 2.45) is 0 Å². The molecule has 1 atom stereocenters. The van der Waals surface area contributed by atoms with E-state index in [0.717, 1.165) is 0 Å². The average Bonchev–Trinajstić information content (AvgIpc) is 2.52. The molecule has 3 nitrogen and oxygen atoms in total. The van der Waals surface area contributed by atoms with E-state index in [2.05, 4.69) is 29.7 Å². The van der Waals surface area contributed by atoms with Gasteiger partial charge >= 0.3 is 0 Å². The number of aryl methyl sites for hydroxylation is 1. The molecular weight excluding hydrogens is 196 g/mol. The molecule has 0 fully saturated rings. The summed E-state index contributed by atoms with van der Waals surface area (Å²) < 4.78 is 0. The lowest BCUT2D eigenvalue weighted by Crippen LogP contribution is -2.33. The van der Waals surface area contributed by atoms with Crippen molar-refractivity contribution in [2.75, 3.05) is 13.6 Å². The van der Waals surface area contributed by atoms with E-state index < -0.39 is 0 Å². The summed E-state index contributed by atoms with van der Waals surface area (Å²) in [5, 5.41) is 5.74. The molecule has 0 saturated carbocycles. The fourth-order valence-corrected chi connectivity index (χ4v) is 2.09. The van der Waals surface area contributed by atoms with Crippen LogP contribution in [0.25, 0.3) is 0 Å². The number of hydrogen-bond acceptors (Lipinski definition) is 3. The van der Waals surface area contributed by atoms with E-state index >= 15 is 0 Å². The Kier molecular flexibility index (Phi) is 4.10. The van der Waals surface area contributed by atoms with Crippen LogP contribution in [0.15, 0.2) is 12.1 Å². The van der Waals surface area contributed by atoms with Crippen molar-refractivity contribution in [1.29, 1.82) is 0 Å². The van der Waals surface area contributed by atoms with Crippen molar-refractivity contribution < 1.29 is 4.79 Å². The third-order valence-electron chi connectivity index (χ3n) is 1.90. The Balaban J connectivity index is 2.50. The zero-order valence-corrected chi connectivity index (χ0v) is 9.57. The fourth-order valence-electron chi connectivity index (χ4n) is 1.21. The zero-order chi connectivity index (χ0) is 10.6. The molecule has 0 saturated heterocycles. The number of thiophene rings is 1. The second-order valence-electron chi connectivity index (χ2n) is 3.27. The highest BCUT2D eigenvalue weighted by Gasteiger charge is 2.09. The van der Waals surface area contributed by atoms with Crippen molar-refractivity contribution in [3.8, 4) is 0 Å². The SMILES string of the molecule is CNCC(=O)NC(C)c1ccc(C)s1. The lowest BCUT2D eigenvalue weighted by Gasteiger charge is -2.11. The highest BCUT2D eigenvalue weighted by Crippen LogP contribution is 2.21. The van der Waals surface area contributed by atoms with Gasteiger partial charge in [-0.05, 0) is 33.0 Å². The van der Waals surface area contributed by atoms with E-state index in [0.29, 0.717) is 6.54 Å². The maximum absolute atomic E-state index is 11.3. The molecule has 0 aliphatic rings. The summed E-state index contributed by atoms with van der Waals surface area (Å²) in [6.07, 6.45) is 0. The van der Waals surface area contributed by atoms with Gasteiger partial charge in [0.25, 0.3) is 0 Å². The van der Waals surface area contributed by atoms with E-state index in [9.17, 15) is 4.79 Å². The normalized spacial score (nSPS) is 12.5. The Morgan fingerprint density at radius 2 is 2.29 bits per heavy atom. The molecule has 1 aromatic heterocycles. The molecule has 1 amide bonds. The van der Waals surface area contributed by atoms with Crippen LogP contribution in [0.1, 0.15) is 22.7 Å². The van der Waals surface area contributed by atoms with Crippen LogP contribution >= 0.6 is 11.3 Å². The van der Waals surface area contributed by atoms with Gasteiger partial charge in [0, 0.05) is 9.75 Å². The Morgan fingerprint density at radius 3 is 2.79 bits per heavy atom. The third-order valence-corrected chi connectivity index (χ3v) is 3.09. The van der Waals surface area contributed by atoms with E-state index in [1.165, 1.54) is 9.75 Å². The molecule has 1 aromatic rings. The molecular formula is C10H16N2OS. The van der Waals surface area contributed by atoms with Crippen LogP contribution in [0, 0.1) is 6.92 Å². The summed E-state index contributed by atoms with van der Waals surface area (Å²) in [7, 11) is 1.76. The monoisotopic (exact) mass is 212 g/mol. The second-order valence-corrected chi connectivity index (χ2v) is 4.59. The summed E-state index contributed by atoms with van der Waals surface area (Å²) in [5.74, 6) is 0.0334. The minimum Gasteiger partial charge on any atom is -0.348 e. The summed E-state index contributed by atoms with van der Waals surface area (Å²) >= 11 is 1.72. The van der Waals surface area contributed by atoms with Crippen LogP contribution in [0.2, 0.25) is 0 Å². The van der Waals surface area contributed by atoms with E-state index in [1.807, 2.05) is 6.92 Å². The topological polar surface area (TPSA) is 41.1 Å². The van der Waals surface area contributed by atoms with Gasteiger partial charge in [-0.3, -0.25) is 4.79 Å². The number of carbonyl (C=O) groups is 1. The Morgan fingerprint density at radius 1 is 1.57 bits per heavy atom. The summed E-state index contributed by atoms with van der Waals surface area (Å²) in [6, 6.07) is 4.24.